The van der Waals surface area contributed by atoms with Gasteiger partial charge in [-0.25, -0.2) is 24.9 Å². The van der Waals surface area contributed by atoms with E-state index in [1.54, 1.807) is 0 Å². The summed E-state index contributed by atoms with van der Waals surface area (Å²) >= 11 is 0. The molecule has 0 saturated heterocycles. The van der Waals surface area contributed by atoms with Crippen molar-refractivity contribution >= 4 is 0 Å². The molecule has 0 atom stereocenters. The van der Waals surface area contributed by atoms with Crippen molar-refractivity contribution < 1.29 is 0 Å². The van der Waals surface area contributed by atoms with Crippen LogP contribution in [-0.2, 0) is 0 Å². The van der Waals surface area contributed by atoms with Gasteiger partial charge in [0.15, 0.2) is 23.3 Å². The molecule has 0 amide bonds. The molecule has 0 aliphatic heterocycles. The van der Waals surface area contributed by atoms with Gasteiger partial charge in [-0.2, -0.15) is 0 Å². The van der Waals surface area contributed by atoms with Crippen molar-refractivity contribution in [3.8, 4) is 101 Å². The van der Waals surface area contributed by atoms with Crippen LogP contribution in [0.5, 0.6) is 0 Å². The van der Waals surface area contributed by atoms with Crippen LogP contribution >= 0.6 is 0 Å². The van der Waals surface area contributed by atoms with Crippen LogP contribution in [0.4, 0.5) is 0 Å². The minimum absolute atomic E-state index is 0.611. The van der Waals surface area contributed by atoms with Gasteiger partial charge < -0.3 is 0 Å². The van der Waals surface area contributed by atoms with Crippen LogP contribution in [-0.4, -0.2) is 24.9 Å². The molecule has 5 nitrogen and oxygen atoms in total. The number of rotatable bonds is 9. The third kappa shape index (κ3) is 7.76. The minimum atomic E-state index is 0.611. The summed E-state index contributed by atoms with van der Waals surface area (Å²) in [6, 6.07) is 77.1. The van der Waals surface area contributed by atoms with E-state index in [1.165, 1.54) is 11.1 Å². The van der Waals surface area contributed by atoms with E-state index in [0.717, 1.165) is 67.0 Å². The Bertz CT molecular complexity index is 2990. The van der Waals surface area contributed by atoms with Gasteiger partial charge in [-0.1, -0.05) is 206 Å². The number of benzene rings is 8. The highest BCUT2D eigenvalue weighted by Gasteiger charge is 2.15. The summed E-state index contributed by atoms with van der Waals surface area (Å²) in [5.74, 6) is 2.55. The fraction of sp³-hybridized carbons (Fsp3) is 0. The molecule has 0 fully saturated rings. The third-order valence-electron chi connectivity index (χ3n) is 10.6. The predicted molar refractivity (Wildman–Crippen MR) is 244 cm³/mol. The molecule has 0 aliphatic rings. The van der Waals surface area contributed by atoms with Crippen molar-refractivity contribution in [2.45, 2.75) is 0 Å². The Balaban J connectivity index is 0.975. The van der Waals surface area contributed by atoms with E-state index < -0.39 is 0 Å². The second kappa shape index (κ2) is 16.4. The maximum atomic E-state index is 5.07. The highest BCUT2D eigenvalue weighted by Crippen LogP contribution is 2.33. The number of hydrogen-bond acceptors (Lipinski definition) is 5. The lowest BCUT2D eigenvalue weighted by Crippen LogP contribution is -2.00. The molecule has 0 N–H and O–H groups in total. The summed E-state index contributed by atoms with van der Waals surface area (Å²) in [6.07, 6.45) is 0. The first-order valence-electron chi connectivity index (χ1n) is 20.0. The van der Waals surface area contributed by atoms with Crippen molar-refractivity contribution in [3.05, 3.63) is 224 Å². The Labute approximate surface area is 349 Å². The van der Waals surface area contributed by atoms with Gasteiger partial charge in [-0.3, -0.25) is 0 Å². The van der Waals surface area contributed by atoms with Gasteiger partial charge in [0.25, 0.3) is 0 Å². The molecule has 0 spiro atoms. The van der Waals surface area contributed by atoms with Crippen LogP contribution in [0.3, 0.4) is 0 Å². The monoisotopic (exact) mass is 767 g/mol. The van der Waals surface area contributed by atoms with Crippen LogP contribution in [0.25, 0.3) is 101 Å². The van der Waals surface area contributed by atoms with E-state index in [1.807, 2.05) is 84.9 Å². The van der Waals surface area contributed by atoms with E-state index in [4.69, 9.17) is 24.9 Å². The minimum Gasteiger partial charge on any atom is -0.228 e. The average molecular weight is 768 g/mol. The Hall–Kier alpha value is -8.15. The molecule has 60 heavy (non-hydrogen) atoms. The summed E-state index contributed by atoms with van der Waals surface area (Å²) in [5.41, 5.74) is 14.3. The molecule has 5 heteroatoms. The molecule has 0 bridgehead atoms. The van der Waals surface area contributed by atoms with Crippen LogP contribution in [0.15, 0.2) is 224 Å². The second-order valence-electron chi connectivity index (χ2n) is 14.5. The molecule has 0 aliphatic carbocycles. The molecule has 10 aromatic rings. The number of hydrogen-bond donors (Lipinski definition) is 0. The Kier molecular flexibility index (Phi) is 9.88. The summed E-state index contributed by atoms with van der Waals surface area (Å²) in [7, 11) is 0. The van der Waals surface area contributed by atoms with Gasteiger partial charge in [-0.05, 0) is 51.6 Å². The van der Waals surface area contributed by atoms with E-state index in [9.17, 15) is 0 Å². The maximum absolute atomic E-state index is 5.07. The summed E-state index contributed by atoms with van der Waals surface area (Å²) in [5, 5.41) is 0. The predicted octanol–water partition coefficient (Wildman–Crippen LogP) is 13.7. The van der Waals surface area contributed by atoms with Crippen LogP contribution in [0.1, 0.15) is 0 Å². The zero-order valence-electron chi connectivity index (χ0n) is 32.6. The first kappa shape index (κ1) is 36.2. The van der Waals surface area contributed by atoms with E-state index >= 15 is 0 Å². The summed E-state index contributed by atoms with van der Waals surface area (Å²) in [6.45, 7) is 0. The fourth-order valence-corrected chi connectivity index (χ4v) is 7.41. The fourth-order valence-electron chi connectivity index (χ4n) is 7.41. The van der Waals surface area contributed by atoms with Crippen molar-refractivity contribution in [1.29, 1.82) is 0 Å². The molecular weight excluding hydrogens is 731 g/mol. The highest BCUT2D eigenvalue weighted by molar-refractivity contribution is 5.78. The van der Waals surface area contributed by atoms with Gasteiger partial charge in [-0.15, -0.1) is 0 Å². The van der Waals surface area contributed by atoms with Crippen molar-refractivity contribution in [1.82, 2.24) is 24.9 Å². The lowest BCUT2D eigenvalue weighted by atomic mass is 9.98. The molecule has 8 aromatic carbocycles. The molecule has 0 radical (unpaired) electrons. The van der Waals surface area contributed by atoms with Crippen molar-refractivity contribution in [3.63, 3.8) is 0 Å². The normalized spacial score (nSPS) is 11.0. The van der Waals surface area contributed by atoms with Crippen LogP contribution in [0.2, 0.25) is 0 Å². The largest absolute Gasteiger partial charge is 0.228 e. The van der Waals surface area contributed by atoms with Gasteiger partial charge >= 0.3 is 0 Å². The Morgan fingerprint density at radius 3 is 0.900 bits per heavy atom. The number of nitrogens with zero attached hydrogens (tertiary/aromatic N) is 5. The molecule has 10 rings (SSSR count). The smallest absolute Gasteiger partial charge is 0.164 e. The van der Waals surface area contributed by atoms with Gasteiger partial charge in [0.2, 0.25) is 0 Å². The van der Waals surface area contributed by atoms with Gasteiger partial charge in [0.05, 0.1) is 11.4 Å². The van der Waals surface area contributed by atoms with Gasteiger partial charge in [0, 0.05) is 33.4 Å². The lowest BCUT2D eigenvalue weighted by Gasteiger charge is -2.11. The first-order valence-corrected chi connectivity index (χ1v) is 20.0. The molecule has 282 valence electrons. The lowest BCUT2D eigenvalue weighted by molar-refractivity contribution is 1.07. The topological polar surface area (TPSA) is 64.5 Å². The van der Waals surface area contributed by atoms with E-state index in [-0.39, 0.29) is 0 Å². The highest BCUT2D eigenvalue weighted by atomic mass is 15.0. The molecular formula is C55H37N5. The SMILES string of the molecule is c1ccc(-c2cccc(-c3ccc(-c4nc(-c5ccccc5)nc(-c5cccc(-c6ccc(-c7cc(-c8ccccc8)nc(-c8ccccc8)n7)cc6)c5)n4)cc3)c2)cc1. The van der Waals surface area contributed by atoms with Crippen LogP contribution < -0.4 is 0 Å². The summed E-state index contributed by atoms with van der Waals surface area (Å²) < 4.78 is 0. The van der Waals surface area contributed by atoms with E-state index in [2.05, 4.69) is 140 Å². The Morgan fingerprint density at radius 2 is 0.433 bits per heavy atom. The van der Waals surface area contributed by atoms with Crippen LogP contribution in [0, 0.1) is 0 Å². The molecule has 0 saturated carbocycles. The van der Waals surface area contributed by atoms with Crippen molar-refractivity contribution in [2.24, 2.45) is 0 Å². The molecule has 2 aromatic heterocycles. The first-order chi connectivity index (χ1) is 29.7. The summed E-state index contributed by atoms with van der Waals surface area (Å²) in [4.78, 5) is 25.1. The quantitative estimate of drug-likeness (QED) is 0.146. The standard InChI is InChI=1S/C55H37N5/c1-5-15-38(16-6-1)46-23-13-24-47(35-46)40-29-33-45(34-30-40)54-58-53(44-21-11-4-12-22-44)59-55(60-54)49-26-14-25-48(36-49)39-27-31-42(32-28-39)51-37-50(41-17-7-2-8-18-41)56-52(57-51)43-19-9-3-10-20-43/h1-37H. The Morgan fingerprint density at radius 1 is 0.167 bits per heavy atom. The second-order valence-corrected chi connectivity index (χ2v) is 14.5. The van der Waals surface area contributed by atoms with Crippen molar-refractivity contribution in [2.75, 3.05) is 0 Å². The van der Waals surface area contributed by atoms with Gasteiger partial charge in [0.1, 0.15) is 0 Å². The van der Waals surface area contributed by atoms with E-state index in [0.29, 0.717) is 23.3 Å². The zero-order chi connectivity index (χ0) is 40.1. The molecule has 0 unspecified atom stereocenters. The number of aromatic nitrogens is 5. The average Bonchev–Trinajstić information content (AvgIpc) is 3.35. The maximum Gasteiger partial charge on any atom is 0.164 e. The molecule has 2 heterocycles. The zero-order valence-corrected chi connectivity index (χ0v) is 32.6. The third-order valence-corrected chi connectivity index (χ3v) is 10.6.